The van der Waals surface area contributed by atoms with Crippen LogP contribution >= 0.6 is 11.3 Å². The first-order valence-corrected chi connectivity index (χ1v) is 8.01. The fraction of sp³-hybridized carbons (Fsp3) is 0.111. The van der Waals surface area contributed by atoms with Gasteiger partial charge in [0, 0.05) is 10.9 Å². The van der Waals surface area contributed by atoms with Crippen molar-refractivity contribution in [3.63, 3.8) is 0 Å². The molecule has 1 heterocycles. The van der Waals surface area contributed by atoms with Crippen LogP contribution in [0.2, 0.25) is 0 Å². The number of carbonyl (C=O) groups excluding carboxylic acids is 1. The van der Waals surface area contributed by atoms with Gasteiger partial charge >= 0.3 is 5.97 Å². The molecule has 0 aliphatic rings. The molecular weight excluding hydrogens is 310 g/mol. The molecule has 3 rings (SSSR count). The molecule has 0 bridgehead atoms. The van der Waals surface area contributed by atoms with Crippen molar-refractivity contribution in [2.24, 2.45) is 0 Å². The molecular formula is C18H15NO3S. The van der Waals surface area contributed by atoms with Crippen LogP contribution in [0.1, 0.15) is 20.9 Å². The average molecular weight is 325 g/mol. The van der Waals surface area contributed by atoms with Crippen LogP contribution in [0.5, 0.6) is 0 Å². The smallest absolute Gasteiger partial charge is 0.338 e. The van der Waals surface area contributed by atoms with E-state index in [1.807, 2.05) is 35.7 Å². The van der Waals surface area contributed by atoms with Crippen molar-refractivity contribution in [3.05, 3.63) is 76.1 Å². The van der Waals surface area contributed by atoms with E-state index in [4.69, 9.17) is 9.84 Å². The van der Waals surface area contributed by atoms with Gasteiger partial charge in [-0.25, -0.2) is 9.78 Å². The van der Waals surface area contributed by atoms with Crippen LogP contribution in [0, 0.1) is 0 Å². The number of carbonyl (C=O) groups is 1. The van der Waals surface area contributed by atoms with Crippen molar-refractivity contribution in [2.45, 2.75) is 13.2 Å². The van der Waals surface area contributed by atoms with E-state index in [2.05, 4.69) is 4.98 Å². The Morgan fingerprint density at radius 1 is 1.09 bits per heavy atom. The summed E-state index contributed by atoms with van der Waals surface area (Å²) in [5, 5.41) is 11.7. The zero-order chi connectivity index (χ0) is 16.1. The van der Waals surface area contributed by atoms with Crippen molar-refractivity contribution < 1.29 is 14.6 Å². The Bertz CT molecular complexity index is 782. The molecule has 1 N–H and O–H groups in total. The van der Waals surface area contributed by atoms with Gasteiger partial charge in [0.1, 0.15) is 11.6 Å². The summed E-state index contributed by atoms with van der Waals surface area (Å²) >= 11 is 1.45. The highest BCUT2D eigenvalue weighted by Gasteiger charge is 2.09. The zero-order valence-electron chi connectivity index (χ0n) is 12.3. The Morgan fingerprint density at radius 2 is 1.83 bits per heavy atom. The molecule has 1 aromatic heterocycles. The van der Waals surface area contributed by atoms with Gasteiger partial charge in [-0.3, -0.25) is 0 Å². The number of hydrogen-bond donors (Lipinski definition) is 1. The fourth-order valence-corrected chi connectivity index (χ4v) is 2.79. The van der Waals surface area contributed by atoms with Crippen LogP contribution < -0.4 is 0 Å². The lowest BCUT2D eigenvalue weighted by Gasteiger charge is -2.02. The Labute approximate surface area is 138 Å². The fourth-order valence-electron chi connectivity index (χ4n) is 2.08. The molecule has 0 atom stereocenters. The van der Waals surface area contributed by atoms with E-state index < -0.39 is 0 Å². The van der Waals surface area contributed by atoms with E-state index in [0.29, 0.717) is 5.56 Å². The Morgan fingerprint density at radius 3 is 2.52 bits per heavy atom. The van der Waals surface area contributed by atoms with Gasteiger partial charge in [-0.05, 0) is 17.7 Å². The quantitative estimate of drug-likeness (QED) is 0.727. The first kappa shape index (κ1) is 15.4. The Hall–Kier alpha value is -2.50. The third-order valence-electron chi connectivity index (χ3n) is 3.32. The number of nitrogens with zero attached hydrogens (tertiary/aromatic N) is 1. The van der Waals surface area contributed by atoms with Gasteiger partial charge in [-0.2, -0.15) is 0 Å². The van der Waals surface area contributed by atoms with Crippen LogP contribution in [0.15, 0.2) is 60.0 Å². The van der Waals surface area contributed by atoms with Gasteiger partial charge in [-0.1, -0.05) is 42.5 Å². The molecule has 0 aliphatic carbocycles. The molecule has 0 aliphatic heterocycles. The minimum absolute atomic E-state index is 0.0258. The molecule has 0 amide bonds. The van der Waals surface area contributed by atoms with Gasteiger partial charge in [0.15, 0.2) is 0 Å². The molecule has 4 nitrogen and oxygen atoms in total. The molecule has 0 saturated carbocycles. The van der Waals surface area contributed by atoms with Crippen LogP contribution in [-0.4, -0.2) is 16.1 Å². The van der Waals surface area contributed by atoms with Crippen molar-refractivity contribution in [1.82, 2.24) is 4.98 Å². The van der Waals surface area contributed by atoms with Gasteiger partial charge in [-0.15, -0.1) is 11.3 Å². The summed E-state index contributed by atoms with van der Waals surface area (Å²) in [5.74, 6) is -0.352. The molecule has 2 aromatic carbocycles. The maximum Gasteiger partial charge on any atom is 0.338 e. The highest BCUT2D eigenvalue weighted by Crippen LogP contribution is 2.23. The largest absolute Gasteiger partial charge is 0.455 e. The molecule has 23 heavy (non-hydrogen) atoms. The van der Waals surface area contributed by atoms with Crippen LogP contribution in [0.4, 0.5) is 0 Å². The SMILES string of the molecule is O=C(OCc1nc(-c2ccc(CO)cc2)cs1)c1ccccc1. The van der Waals surface area contributed by atoms with E-state index in [1.54, 1.807) is 24.3 Å². The number of rotatable bonds is 5. The molecule has 0 spiro atoms. The third kappa shape index (κ3) is 3.83. The Balaban J connectivity index is 1.64. The topological polar surface area (TPSA) is 59.4 Å². The number of ether oxygens (including phenoxy) is 1. The van der Waals surface area contributed by atoms with E-state index >= 15 is 0 Å². The second-order valence-electron chi connectivity index (χ2n) is 4.92. The number of thiazole rings is 1. The summed E-state index contributed by atoms with van der Waals surface area (Å²) in [6.45, 7) is 0.186. The normalized spacial score (nSPS) is 10.5. The summed E-state index contributed by atoms with van der Waals surface area (Å²) in [6, 6.07) is 16.5. The van der Waals surface area contributed by atoms with Crippen molar-refractivity contribution in [1.29, 1.82) is 0 Å². The second-order valence-corrected chi connectivity index (χ2v) is 5.87. The minimum Gasteiger partial charge on any atom is -0.455 e. The molecule has 0 unspecified atom stereocenters. The van der Waals surface area contributed by atoms with Crippen molar-refractivity contribution >= 4 is 17.3 Å². The standard InChI is InChI=1S/C18H15NO3S/c20-10-13-6-8-14(9-7-13)16-12-23-17(19-16)11-22-18(21)15-4-2-1-3-5-15/h1-9,12,20H,10-11H2. The molecule has 0 radical (unpaired) electrons. The van der Waals surface area contributed by atoms with Crippen molar-refractivity contribution in [3.8, 4) is 11.3 Å². The number of esters is 1. The first-order valence-electron chi connectivity index (χ1n) is 7.13. The van der Waals surface area contributed by atoms with Crippen LogP contribution in [0.3, 0.4) is 0 Å². The average Bonchev–Trinajstić information content (AvgIpc) is 3.09. The van der Waals surface area contributed by atoms with E-state index in [1.165, 1.54) is 11.3 Å². The maximum atomic E-state index is 11.9. The van der Waals surface area contributed by atoms with Gasteiger partial charge in [0.2, 0.25) is 0 Å². The van der Waals surface area contributed by atoms with E-state index in [9.17, 15) is 4.79 Å². The summed E-state index contributed by atoms with van der Waals surface area (Å²) < 4.78 is 5.28. The number of aromatic nitrogens is 1. The number of aliphatic hydroxyl groups is 1. The Kier molecular flexibility index (Phi) is 4.80. The lowest BCUT2D eigenvalue weighted by atomic mass is 10.1. The zero-order valence-corrected chi connectivity index (χ0v) is 13.1. The lowest BCUT2D eigenvalue weighted by Crippen LogP contribution is -2.04. The number of hydrogen-bond acceptors (Lipinski definition) is 5. The maximum absolute atomic E-state index is 11.9. The monoisotopic (exact) mass is 325 g/mol. The van der Waals surface area contributed by atoms with Gasteiger partial charge in [0.05, 0.1) is 17.9 Å². The third-order valence-corrected chi connectivity index (χ3v) is 4.14. The summed E-state index contributed by atoms with van der Waals surface area (Å²) in [6.07, 6.45) is 0. The summed E-state index contributed by atoms with van der Waals surface area (Å²) in [5.41, 5.74) is 3.20. The summed E-state index contributed by atoms with van der Waals surface area (Å²) in [7, 11) is 0. The van der Waals surface area contributed by atoms with Crippen LogP contribution in [0.25, 0.3) is 11.3 Å². The molecule has 3 aromatic rings. The molecule has 0 fully saturated rings. The highest BCUT2D eigenvalue weighted by molar-refractivity contribution is 7.09. The predicted octanol–water partition coefficient (Wildman–Crippen LogP) is 3.66. The first-order chi connectivity index (χ1) is 11.3. The molecule has 0 saturated heterocycles. The van der Waals surface area contributed by atoms with E-state index in [0.717, 1.165) is 21.8 Å². The molecule has 5 heteroatoms. The second kappa shape index (κ2) is 7.17. The van der Waals surface area contributed by atoms with E-state index in [-0.39, 0.29) is 19.2 Å². The number of benzene rings is 2. The van der Waals surface area contributed by atoms with Crippen LogP contribution in [-0.2, 0) is 18.0 Å². The predicted molar refractivity (Wildman–Crippen MR) is 89.0 cm³/mol. The number of aliphatic hydroxyl groups excluding tert-OH is 1. The summed E-state index contributed by atoms with van der Waals surface area (Å²) in [4.78, 5) is 16.4. The molecule has 116 valence electrons. The van der Waals surface area contributed by atoms with Gasteiger partial charge < -0.3 is 9.84 Å². The van der Waals surface area contributed by atoms with Gasteiger partial charge in [0.25, 0.3) is 0 Å². The lowest BCUT2D eigenvalue weighted by molar-refractivity contribution is 0.0472. The highest BCUT2D eigenvalue weighted by atomic mass is 32.1. The minimum atomic E-state index is -0.352. The van der Waals surface area contributed by atoms with Crippen molar-refractivity contribution in [2.75, 3.05) is 0 Å².